The van der Waals surface area contributed by atoms with Gasteiger partial charge in [-0.05, 0) is 26.0 Å². The third kappa shape index (κ3) is 3.60. The first kappa shape index (κ1) is 17.6. The zero-order valence-corrected chi connectivity index (χ0v) is 14.4. The zero-order valence-electron chi connectivity index (χ0n) is 13.5. The van der Waals surface area contributed by atoms with Crippen molar-refractivity contribution < 1.29 is 18.7 Å². The second-order valence-corrected chi connectivity index (χ2v) is 6.15. The highest BCUT2D eigenvalue weighted by atomic mass is 32.2. The van der Waals surface area contributed by atoms with Crippen LogP contribution < -0.4 is 4.74 Å². The molecule has 1 fully saturated rings. The molecule has 2 amide bonds. The molecule has 23 heavy (non-hydrogen) atoms. The Morgan fingerprint density at radius 1 is 1.39 bits per heavy atom. The minimum atomic E-state index is -0.639. The molecule has 0 unspecified atom stereocenters. The van der Waals surface area contributed by atoms with Crippen LogP contribution in [0.15, 0.2) is 18.2 Å². The molecule has 1 atom stereocenters. The smallest absolute Gasteiger partial charge is 0.258 e. The molecule has 1 aromatic carbocycles. The van der Waals surface area contributed by atoms with Gasteiger partial charge in [-0.1, -0.05) is 0 Å². The number of nitrogens with zero attached hydrogens (tertiary/aromatic N) is 2. The molecule has 1 saturated heterocycles. The van der Waals surface area contributed by atoms with Crippen LogP contribution in [-0.2, 0) is 4.79 Å². The largest absolute Gasteiger partial charge is 0.497 e. The molecular weight excluding hydrogens is 319 g/mol. The van der Waals surface area contributed by atoms with Crippen LogP contribution in [0.5, 0.6) is 5.75 Å². The molecule has 0 spiro atoms. The molecule has 2 rings (SSSR count). The molecule has 7 heteroatoms. The lowest BCUT2D eigenvalue weighted by molar-refractivity contribution is -0.134. The van der Waals surface area contributed by atoms with E-state index in [0.717, 1.165) is 0 Å². The Hall–Kier alpha value is -1.76. The Labute approximate surface area is 139 Å². The van der Waals surface area contributed by atoms with E-state index in [1.54, 1.807) is 11.0 Å². The number of hydrogen-bond donors (Lipinski definition) is 0. The second kappa shape index (κ2) is 7.68. The number of benzene rings is 1. The van der Waals surface area contributed by atoms with Gasteiger partial charge in [0.05, 0.1) is 18.6 Å². The Morgan fingerprint density at radius 2 is 2.09 bits per heavy atom. The predicted octanol–water partition coefficient (Wildman–Crippen LogP) is 2.22. The van der Waals surface area contributed by atoms with Crippen molar-refractivity contribution in [2.75, 3.05) is 31.8 Å². The van der Waals surface area contributed by atoms with Crippen molar-refractivity contribution in [2.45, 2.75) is 19.9 Å². The topological polar surface area (TPSA) is 49.9 Å². The number of rotatable bonds is 5. The number of amides is 2. The number of hydrogen-bond acceptors (Lipinski definition) is 4. The lowest BCUT2D eigenvalue weighted by Gasteiger charge is -2.28. The van der Waals surface area contributed by atoms with Gasteiger partial charge in [0, 0.05) is 24.9 Å². The lowest BCUT2D eigenvalue weighted by atomic mass is 10.1. The van der Waals surface area contributed by atoms with Gasteiger partial charge in [-0.2, -0.15) is 0 Å². The Kier molecular flexibility index (Phi) is 5.87. The van der Waals surface area contributed by atoms with Crippen LogP contribution in [0.4, 0.5) is 4.39 Å². The van der Waals surface area contributed by atoms with Gasteiger partial charge in [-0.25, -0.2) is 4.39 Å². The molecule has 1 aliphatic rings. The quantitative estimate of drug-likeness (QED) is 0.825. The minimum Gasteiger partial charge on any atom is -0.497 e. The van der Waals surface area contributed by atoms with E-state index < -0.39 is 17.8 Å². The summed E-state index contributed by atoms with van der Waals surface area (Å²) in [5, 5.41) is 0. The summed E-state index contributed by atoms with van der Waals surface area (Å²) in [6, 6.07) is 3.59. The third-order valence-electron chi connectivity index (χ3n) is 3.91. The molecule has 126 valence electrons. The average Bonchev–Trinajstić information content (AvgIpc) is 3.04. The molecule has 0 aromatic heterocycles. The normalized spacial score (nSPS) is 17.2. The fraction of sp³-hybridized carbons (Fsp3) is 0.500. The lowest BCUT2D eigenvalue weighted by Crippen LogP contribution is -2.49. The molecule has 0 radical (unpaired) electrons. The molecule has 5 nitrogen and oxygen atoms in total. The highest BCUT2D eigenvalue weighted by Crippen LogP contribution is 2.26. The fourth-order valence-electron chi connectivity index (χ4n) is 2.54. The number of carbonyl (C=O) groups is 2. The number of thioether (sulfide) groups is 1. The van der Waals surface area contributed by atoms with Crippen LogP contribution in [0.25, 0.3) is 0 Å². The molecule has 0 saturated carbocycles. The van der Waals surface area contributed by atoms with E-state index in [9.17, 15) is 14.0 Å². The monoisotopic (exact) mass is 340 g/mol. The van der Waals surface area contributed by atoms with E-state index in [-0.39, 0.29) is 11.5 Å². The molecule has 1 heterocycles. The van der Waals surface area contributed by atoms with E-state index >= 15 is 0 Å². The van der Waals surface area contributed by atoms with Crippen LogP contribution >= 0.6 is 11.8 Å². The van der Waals surface area contributed by atoms with Crippen molar-refractivity contribution in [2.24, 2.45) is 0 Å². The van der Waals surface area contributed by atoms with E-state index in [4.69, 9.17) is 4.74 Å². The number of ether oxygens (including phenoxy) is 1. The van der Waals surface area contributed by atoms with Crippen LogP contribution in [-0.4, -0.2) is 59.5 Å². The standard InChI is InChI=1S/C16H21FN2O3S/c1-4-18(5-2)16(21)14-9-23-10-19(14)15(20)12-7-6-11(22-3)8-13(12)17/h6-8,14H,4-5,9-10H2,1-3H3/t14-/m1/s1. The second-order valence-electron chi connectivity index (χ2n) is 5.15. The third-order valence-corrected chi connectivity index (χ3v) is 4.92. The van der Waals surface area contributed by atoms with Gasteiger partial charge < -0.3 is 14.5 Å². The van der Waals surface area contributed by atoms with Gasteiger partial charge in [-0.3, -0.25) is 9.59 Å². The van der Waals surface area contributed by atoms with Crippen LogP contribution in [0.1, 0.15) is 24.2 Å². The first-order valence-corrected chi connectivity index (χ1v) is 8.69. The Morgan fingerprint density at radius 3 is 2.65 bits per heavy atom. The minimum absolute atomic E-state index is 0.0364. The van der Waals surface area contributed by atoms with Crippen LogP contribution in [0.2, 0.25) is 0 Å². The van der Waals surface area contributed by atoms with Gasteiger partial charge >= 0.3 is 0 Å². The van der Waals surface area contributed by atoms with E-state index in [2.05, 4.69) is 0 Å². The van der Waals surface area contributed by atoms with Gasteiger partial charge in [-0.15, -0.1) is 11.8 Å². The maximum Gasteiger partial charge on any atom is 0.258 e. The number of methoxy groups -OCH3 is 1. The molecule has 1 aliphatic heterocycles. The summed E-state index contributed by atoms with van der Waals surface area (Å²) in [6.45, 7) is 4.99. The van der Waals surface area contributed by atoms with Crippen molar-refractivity contribution in [3.63, 3.8) is 0 Å². The van der Waals surface area contributed by atoms with Crippen molar-refractivity contribution in [1.29, 1.82) is 0 Å². The molecule has 1 aromatic rings. The molecule has 0 aliphatic carbocycles. The molecule has 0 N–H and O–H groups in total. The summed E-state index contributed by atoms with van der Waals surface area (Å²) in [4.78, 5) is 28.3. The van der Waals surface area contributed by atoms with Crippen LogP contribution in [0, 0.1) is 5.82 Å². The van der Waals surface area contributed by atoms with Gasteiger partial charge in [0.25, 0.3) is 5.91 Å². The van der Waals surface area contributed by atoms with E-state index in [1.165, 1.54) is 35.9 Å². The predicted molar refractivity (Wildman–Crippen MR) is 88.2 cm³/mol. The van der Waals surface area contributed by atoms with Crippen molar-refractivity contribution in [1.82, 2.24) is 9.80 Å². The maximum absolute atomic E-state index is 14.1. The first-order valence-electron chi connectivity index (χ1n) is 7.54. The zero-order chi connectivity index (χ0) is 17.0. The van der Waals surface area contributed by atoms with Crippen molar-refractivity contribution >= 4 is 23.6 Å². The number of halogens is 1. The highest BCUT2D eigenvalue weighted by molar-refractivity contribution is 7.99. The highest BCUT2D eigenvalue weighted by Gasteiger charge is 2.37. The Balaban J connectivity index is 2.22. The summed E-state index contributed by atoms with van der Waals surface area (Å²) in [7, 11) is 1.44. The van der Waals surface area contributed by atoms with Crippen LogP contribution in [0.3, 0.4) is 0 Å². The summed E-state index contributed by atoms with van der Waals surface area (Å²) < 4.78 is 19.1. The van der Waals surface area contributed by atoms with Gasteiger partial charge in [0.1, 0.15) is 17.6 Å². The summed E-state index contributed by atoms with van der Waals surface area (Å²) in [5.41, 5.74) is -0.0364. The van der Waals surface area contributed by atoms with E-state index in [1.807, 2.05) is 13.8 Å². The van der Waals surface area contributed by atoms with E-state index in [0.29, 0.717) is 30.5 Å². The SMILES string of the molecule is CCN(CC)C(=O)[C@H]1CSCN1C(=O)c1ccc(OC)cc1F. The summed E-state index contributed by atoms with van der Waals surface area (Å²) >= 11 is 1.50. The van der Waals surface area contributed by atoms with Crippen molar-refractivity contribution in [3.8, 4) is 5.75 Å². The summed E-state index contributed by atoms with van der Waals surface area (Å²) in [5.74, 6) is 0.106. The fourth-order valence-corrected chi connectivity index (χ4v) is 3.69. The average molecular weight is 340 g/mol. The molecule has 0 bridgehead atoms. The number of carbonyl (C=O) groups excluding carboxylic acids is 2. The molecular formula is C16H21FN2O3S. The Bertz CT molecular complexity index is 593. The number of likely N-dealkylation sites (N-methyl/N-ethyl adjacent to an activating group) is 1. The van der Waals surface area contributed by atoms with Crippen molar-refractivity contribution in [3.05, 3.63) is 29.6 Å². The first-order chi connectivity index (χ1) is 11.0. The maximum atomic E-state index is 14.1. The van der Waals surface area contributed by atoms with Gasteiger partial charge in [0.2, 0.25) is 5.91 Å². The summed E-state index contributed by atoms with van der Waals surface area (Å²) in [6.07, 6.45) is 0. The van der Waals surface area contributed by atoms with Gasteiger partial charge in [0.15, 0.2) is 0 Å².